The van der Waals surface area contributed by atoms with E-state index in [1.807, 2.05) is 6.92 Å². The average Bonchev–Trinajstić information content (AvgIpc) is 2.57. The van der Waals surface area contributed by atoms with E-state index in [4.69, 9.17) is 0 Å². The molecule has 0 spiro atoms. The summed E-state index contributed by atoms with van der Waals surface area (Å²) < 4.78 is 22.5. The normalized spacial score (nSPS) is 21.6. The summed E-state index contributed by atoms with van der Waals surface area (Å²) in [4.78, 5) is 24.4. The average molecular weight is 276 g/mol. The van der Waals surface area contributed by atoms with Gasteiger partial charge in [-0.3, -0.25) is 9.59 Å². The monoisotopic (exact) mass is 276 g/mol. The number of rotatable bonds is 5. The number of hydrogen-bond donors (Lipinski definition) is 1. The van der Waals surface area contributed by atoms with Crippen molar-refractivity contribution in [3.63, 3.8) is 0 Å². The molecule has 104 valence electrons. The molecule has 1 fully saturated rings. The molecule has 2 amide bonds. The first-order valence-electron chi connectivity index (χ1n) is 6.09. The lowest BCUT2D eigenvalue weighted by Gasteiger charge is -2.20. The first kappa shape index (κ1) is 14.9. The molecule has 18 heavy (non-hydrogen) atoms. The smallest absolute Gasteiger partial charge is 0.239 e. The van der Waals surface area contributed by atoms with E-state index in [0.717, 1.165) is 6.42 Å². The fourth-order valence-corrected chi connectivity index (χ4v) is 3.65. The van der Waals surface area contributed by atoms with E-state index in [9.17, 15) is 18.0 Å². The summed E-state index contributed by atoms with van der Waals surface area (Å²) in [5.74, 6) is -0.303. The fraction of sp³-hybridized carbons (Fsp3) is 0.818. The lowest BCUT2D eigenvalue weighted by molar-refractivity contribution is -0.134. The van der Waals surface area contributed by atoms with Gasteiger partial charge in [0.05, 0.1) is 18.1 Å². The van der Waals surface area contributed by atoms with E-state index < -0.39 is 9.84 Å². The van der Waals surface area contributed by atoms with Gasteiger partial charge in [0.2, 0.25) is 11.8 Å². The molecule has 0 aromatic rings. The van der Waals surface area contributed by atoms with Crippen LogP contribution in [0.25, 0.3) is 0 Å². The Bertz CT molecular complexity index is 419. The maximum atomic E-state index is 11.7. The van der Waals surface area contributed by atoms with Gasteiger partial charge in [0.1, 0.15) is 0 Å². The maximum absolute atomic E-state index is 11.7. The molecule has 1 N–H and O–H groups in total. The van der Waals surface area contributed by atoms with Gasteiger partial charge in [0.25, 0.3) is 0 Å². The number of carbonyl (C=O) groups excluding carboxylic acids is 2. The van der Waals surface area contributed by atoms with Crippen LogP contribution in [0.15, 0.2) is 0 Å². The van der Waals surface area contributed by atoms with Gasteiger partial charge < -0.3 is 10.2 Å². The van der Waals surface area contributed by atoms with E-state index in [2.05, 4.69) is 5.32 Å². The topological polar surface area (TPSA) is 83.6 Å². The zero-order valence-corrected chi connectivity index (χ0v) is 11.6. The van der Waals surface area contributed by atoms with Crippen molar-refractivity contribution in [3.05, 3.63) is 0 Å². The van der Waals surface area contributed by atoms with E-state index in [1.54, 1.807) is 0 Å². The number of nitrogens with one attached hydrogen (secondary N) is 1. The highest BCUT2D eigenvalue weighted by Gasteiger charge is 2.29. The summed E-state index contributed by atoms with van der Waals surface area (Å²) in [5.41, 5.74) is 0. The predicted molar refractivity (Wildman–Crippen MR) is 67.7 cm³/mol. The van der Waals surface area contributed by atoms with Crippen LogP contribution in [-0.4, -0.2) is 55.8 Å². The summed E-state index contributed by atoms with van der Waals surface area (Å²) in [7, 11) is -2.99. The minimum atomic E-state index is -2.99. The summed E-state index contributed by atoms with van der Waals surface area (Å²) in [6.45, 7) is 3.88. The Morgan fingerprint density at radius 3 is 2.50 bits per heavy atom. The molecule has 1 aliphatic heterocycles. The highest BCUT2D eigenvalue weighted by molar-refractivity contribution is 7.91. The third kappa shape index (κ3) is 4.64. The zero-order chi connectivity index (χ0) is 13.8. The first-order chi connectivity index (χ1) is 8.34. The molecular weight excluding hydrogens is 256 g/mol. The maximum Gasteiger partial charge on any atom is 0.239 e. The molecule has 1 unspecified atom stereocenters. The van der Waals surface area contributed by atoms with E-state index in [1.165, 1.54) is 11.8 Å². The molecule has 7 heteroatoms. The third-order valence-corrected chi connectivity index (χ3v) is 4.64. The van der Waals surface area contributed by atoms with Crippen molar-refractivity contribution < 1.29 is 18.0 Å². The van der Waals surface area contributed by atoms with Crippen molar-refractivity contribution in [1.82, 2.24) is 10.2 Å². The van der Waals surface area contributed by atoms with Crippen LogP contribution in [0.4, 0.5) is 0 Å². The Kier molecular flexibility index (Phi) is 5.13. The van der Waals surface area contributed by atoms with Crippen molar-refractivity contribution in [3.8, 4) is 0 Å². The molecular formula is C11H20N2O4S. The SMILES string of the molecule is CCCN(CC(=O)NC1CCS(=O)(=O)C1)C(C)=O. The Hall–Kier alpha value is -1.11. The quantitative estimate of drug-likeness (QED) is 0.737. The van der Waals surface area contributed by atoms with Crippen molar-refractivity contribution in [2.24, 2.45) is 0 Å². The lowest BCUT2D eigenvalue weighted by Crippen LogP contribution is -2.44. The van der Waals surface area contributed by atoms with Gasteiger partial charge >= 0.3 is 0 Å². The van der Waals surface area contributed by atoms with Crippen molar-refractivity contribution >= 4 is 21.7 Å². The van der Waals surface area contributed by atoms with Gasteiger partial charge in [-0.25, -0.2) is 8.42 Å². The standard InChI is InChI=1S/C11H20N2O4S/c1-3-5-13(9(2)14)7-11(15)12-10-4-6-18(16,17)8-10/h10H,3-8H2,1-2H3,(H,12,15). The Morgan fingerprint density at radius 2 is 2.06 bits per heavy atom. The minimum absolute atomic E-state index is 0.000277. The lowest BCUT2D eigenvalue weighted by atomic mass is 10.2. The molecule has 1 aliphatic rings. The molecule has 0 aromatic heterocycles. The first-order valence-corrected chi connectivity index (χ1v) is 7.91. The Balaban J connectivity index is 2.44. The molecule has 6 nitrogen and oxygen atoms in total. The number of nitrogens with zero attached hydrogens (tertiary/aromatic N) is 1. The fourth-order valence-electron chi connectivity index (χ4n) is 1.97. The summed E-state index contributed by atoms with van der Waals surface area (Å²) in [5, 5.41) is 2.67. The second kappa shape index (κ2) is 6.17. The van der Waals surface area contributed by atoms with Crippen molar-refractivity contribution in [2.45, 2.75) is 32.7 Å². The second-order valence-corrected chi connectivity index (χ2v) is 6.84. The summed E-state index contributed by atoms with van der Waals surface area (Å²) in [6.07, 6.45) is 1.24. The molecule has 1 rings (SSSR count). The third-order valence-electron chi connectivity index (χ3n) is 2.87. The molecule has 0 aromatic carbocycles. The van der Waals surface area contributed by atoms with Crippen LogP contribution in [0.3, 0.4) is 0 Å². The predicted octanol–water partition coefficient (Wildman–Crippen LogP) is -0.452. The van der Waals surface area contributed by atoms with E-state index >= 15 is 0 Å². The van der Waals surface area contributed by atoms with Gasteiger partial charge in [-0.05, 0) is 12.8 Å². The van der Waals surface area contributed by atoms with Gasteiger partial charge in [0, 0.05) is 19.5 Å². The van der Waals surface area contributed by atoms with Crippen LogP contribution in [0.2, 0.25) is 0 Å². The number of carbonyl (C=O) groups is 2. The number of hydrogen-bond acceptors (Lipinski definition) is 4. The molecule has 1 atom stereocenters. The van der Waals surface area contributed by atoms with E-state index in [-0.39, 0.29) is 35.9 Å². The highest BCUT2D eigenvalue weighted by atomic mass is 32.2. The second-order valence-electron chi connectivity index (χ2n) is 4.61. The highest BCUT2D eigenvalue weighted by Crippen LogP contribution is 2.11. The Morgan fingerprint density at radius 1 is 1.39 bits per heavy atom. The molecule has 0 radical (unpaired) electrons. The van der Waals surface area contributed by atoms with Crippen molar-refractivity contribution in [1.29, 1.82) is 0 Å². The van der Waals surface area contributed by atoms with Crippen LogP contribution in [0.5, 0.6) is 0 Å². The number of amides is 2. The Labute approximate surface area is 108 Å². The van der Waals surface area contributed by atoms with Gasteiger partial charge in [-0.1, -0.05) is 6.92 Å². The molecule has 0 aliphatic carbocycles. The number of sulfone groups is 1. The van der Waals surface area contributed by atoms with Crippen LogP contribution < -0.4 is 5.32 Å². The van der Waals surface area contributed by atoms with Crippen LogP contribution in [-0.2, 0) is 19.4 Å². The summed E-state index contributed by atoms with van der Waals surface area (Å²) >= 11 is 0. The molecule has 1 saturated heterocycles. The largest absolute Gasteiger partial charge is 0.351 e. The van der Waals surface area contributed by atoms with Gasteiger partial charge in [-0.2, -0.15) is 0 Å². The van der Waals surface area contributed by atoms with Gasteiger partial charge in [0.15, 0.2) is 9.84 Å². The van der Waals surface area contributed by atoms with Gasteiger partial charge in [-0.15, -0.1) is 0 Å². The van der Waals surface area contributed by atoms with E-state index in [0.29, 0.717) is 13.0 Å². The van der Waals surface area contributed by atoms with Crippen LogP contribution in [0.1, 0.15) is 26.7 Å². The van der Waals surface area contributed by atoms with Crippen LogP contribution >= 0.6 is 0 Å². The minimum Gasteiger partial charge on any atom is -0.351 e. The van der Waals surface area contributed by atoms with Crippen LogP contribution in [0, 0.1) is 0 Å². The molecule has 0 bridgehead atoms. The summed E-state index contributed by atoms with van der Waals surface area (Å²) in [6, 6.07) is -0.307. The van der Waals surface area contributed by atoms with Crippen molar-refractivity contribution in [2.75, 3.05) is 24.6 Å². The molecule has 0 saturated carbocycles. The zero-order valence-electron chi connectivity index (χ0n) is 10.8. The molecule has 1 heterocycles.